The molecule has 1 N–H and O–H groups in total. The minimum atomic E-state index is -3.68. The fourth-order valence-corrected chi connectivity index (χ4v) is 6.35. The van der Waals surface area contributed by atoms with E-state index in [0.717, 1.165) is 35.5 Å². The van der Waals surface area contributed by atoms with E-state index in [-0.39, 0.29) is 22.4 Å². The number of rotatable bonds is 6. The van der Waals surface area contributed by atoms with Gasteiger partial charge in [-0.15, -0.1) is 0 Å². The number of thiazole rings is 1. The normalized spacial score (nSPS) is 17.5. The molecule has 31 heavy (non-hydrogen) atoms. The van der Waals surface area contributed by atoms with Gasteiger partial charge in [0.05, 0.1) is 15.1 Å². The minimum absolute atomic E-state index is 0.0259. The molecule has 3 aromatic rings. The Bertz CT molecular complexity index is 1230. The standard InChI is InChI=1S/C23H29N3O3S2/c1-16(2)26-21-11-10-20(13-22(21)30-23(26)27)31(28,29)24-14-18-6-8-19(9-7-18)25-12-4-5-17(3)15-25/h6-11,13,16-17,24H,4-5,12,14-15H2,1-3H3. The van der Waals surface area contributed by atoms with E-state index >= 15 is 0 Å². The second-order valence-electron chi connectivity index (χ2n) is 8.65. The molecule has 1 atom stereocenters. The Morgan fingerprint density at radius 2 is 1.90 bits per heavy atom. The Morgan fingerprint density at radius 1 is 1.16 bits per heavy atom. The van der Waals surface area contributed by atoms with E-state index < -0.39 is 10.0 Å². The zero-order valence-electron chi connectivity index (χ0n) is 18.2. The molecule has 0 saturated carbocycles. The predicted molar refractivity (Wildman–Crippen MR) is 128 cm³/mol. The molecule has 0 radical (unpaired) electrons. The molecule has 8 heteroatoms. The Hall–Kier alpha value is -2.16. The lowest BCUT2D eigenvalue weighted by atomic mass is 9.99. The second kappa shape index (κ2) is 8.76. The third-order valence-corrected chi connectivity index (χ3v) is 8.15. The zero-order valence-corrected chi connectivity index (χ0v) is 19.8. The van der Waals surface area contributed by atoms with Gasteiger partial charge in [0.2, 0.25) is 10.0 Å². The average molecular weight is 460 g/mol. The van der Waals surface area contributed by atoms with Gasteiger partial charge in [-0.1, -0.05) is 30.4 Å². The lowest BCUT2D eigenvalue weighted by molar-refractivity contribution is 0.447. The molecule has 1 saturated heterocycles. The van der Waals surface area contributed by atoms with Crippen molar-refractivity contribution in [1.29, 1.82) is 0 Å². The highest BCUT2D eigenvalue weighted by atomic mass is 32.2. The number of nitrogens with zero attached hydrogens (tertiary/aromatic N) is 2. The number of hydrogen-bond donors (Lipinski definition) is 1. The number of piperidine rings is 1. The average Bonchev–Trinajstić information content (AvgIpc) is 3.08. The Morgan fingerprint density at radius 3 is 2.58 bits per heavy atom. The van der Waals surface area contributed by atoms with Crippen LogP contribution in [0.15, 0.2) is 52.2 Å². The fourth-order valence-electron chi connectivity index (χ4n) is 4.18. The molecular formula is C23H29N3O3S2. The van der Waals surface area contributed by atoms with E-state index in [1.165, 1.54) is 18.5 Å². The van der Waals surface area contributed by atoms with Gasteiger partial charge in [0.25, 0.3) is 0 Å². The van der Waals surface area contributed by atoms with Crippen LogP contribution in [0.2, 0.25) is 0 Å². The number of aromatic nitrogens is 1. The molecule has 0 spiro atoms. The van der Waals surface area contributed by atoms with Crippen molar-refractivity contribution in [2.24, 2.45) is 5.92 Å². The molecule has 2 aromatic carbocycles. The summed E-state index contributed by atoms with van der Waals surface area (Å²) in [4.78, 5) is 14.7. The van der Waals surface area contributed by atoms with Crippen LogP contribution in [0.5, 0.6) is 0 Å². The maximum atomic E-state index is 12.8. The molecule has 166 valence electrons. The number of benzene rings is 2. The summed E-state index contributed by atoms with van der Waals surface area (Å²) in [7, 11) is -3.68. The highest BCUT2D eigenvalue weighted by molar-refractivity contribution is 7.89. The van der Waals surface area contributed by atoms with Crippen LogP contribution in [-0.2, 0) is 16.6 Å². The van der Waals surface area contributed by atoms with E-state index in [9.17, 15) is 13.2 Å². The van der Waals surface area contributed by atoms with Crippen LogP contribution in [-0.4, -0.2) is 26.1 Å². The van der Waals surface area contributed by atoms with Gasteiger partial charge < -0.3 is 4.90 Å². The number of sulfonamides is 1. The van der Waals surface area contributed by atoms with E-state index in [1.54, 1.807) is 22.8 Å². The summed E-state index contributed by atoms with van der Waals surface area (Å²) in [5.41, 5.74) is 2.87. The molecule has 0 amide bonds. The van der Waals surface area contributed by atoms with Gasteiger partial charge in [-0.3, -0.25) is 9.36 Å². The summed E-state index contributed by atoms with van der Waals surface area (Å²) < 4.78 is 30.7. The molecule has 6 nitrogen and oxygen atoms in total. The monoisotopic (exact) mass is 459 g/mol. The highest BCUT2D eigenvalue weighted by Crippen LogP contribution is 2.25. The first-order chi connectivity index (χ1) is 14.7. The Kier molecular flexibility index (Phi) is 6.23. The first kappa shape index (κ1) is 22.0. The van der Waals surface area contributed by atoms with E-state index in [4.69, 9.17) is 0 Å². The molecule has 1 aliphatic rings. The van der Waals surface area contributed by atoms with Crippen LogP contribution >= 0.6 is 11.3 Å². The molecule has 4 rings (SSSR count). The topological polar surface area (TPSA) is 71.4 Å². The Balaban J connectivity index is 1.47. The molecular weight excluding hydrogens is 430 g/mol. The third kappa shape index (κ3) is 4.71. The first-order valence-electron chi connectivity index (χ1n) is 10.7. The smallest absolute Gasteiger partial charge is 0.308 e. The number of hydrogen-bond acceptors (Lipinski definition) is 5. The molecule has 2 heterocycles. The van der Waals surface area contributed by atoms with Crippen LogP contribution in [0.1, 0.15) is 45.2 Å². The second-order valence-corrected chi connectivity index (χ2v) is 11.4. The molecule has 1 aliphatic heterocycles. The quantitative estimate of drug-likeness (QED) is 0.595. The molecule has 1 unspecified atom stereocenters. The third-order valence-electron chi connectivity index (χ3n) is 5.84. The highest BCUT2D eigenvalue weighted by Gasteiger charge is 2.19. The largest absolute Gasteiger partial charge is 0.371 e. The maximum Gasteiger partial charge on any atom is 0.308 e. The van der Waals surface area contributed by atoms with Crippen LogP contribution in [0.4, 0.5) is 5.69 Å². The summed E-state index contributed by atoms with van der Waals surface area (Å²) in [6, 6.07) is 13.0. The van der Waals surface area contributed by atoms with Gasteiger partial charge in [-0.2, -0.15) is 0 Å². The van der Waals surface area contributed by atoms with Crippen molar-refractivity contribution in [2.75, 3.05) is 18.0 Å². The van der Waals surface area contributed by atoms with E-state index in [2.05, 4.69) is 28.7 Å². The van der Waals surface area contributed by atoms with Crippen molar-refractivity contribution in [2.45, 2.75) is 51.1 Å². The molecule has 1 aromatic heterocycles. The summed E-state index contributed by atoms with van der Waals surface area (Å²) in [5.74, 6) is 0.702. The Labute approximate surface area is 187 Å². The van der Waals surface area contributed by atoms with Crippen molar-refractivity contribution < 1.29 is 8.42 Å². The SMILES string of the molecule is CC1CCCN(c2ccc(CNS(=O)(=O)c3ccc4c(c3)sc(=O)n4C(C)C)cc2)C1. The van der Waals surface area contributed by atoms with Gasteiger partial charge in [0, 0.05) is 31.4 Å². The fraction of sp³-hybridized carbons (Fsp3) is 0.435. The van der Waals surface area contributed by atoms with Crippen molar-refractivity contribution in [3.63, 3.8) is 0 Å². The molecule has 1 fully saturated rings. The number of nitrogens with one attached hydrogen (secondary N) is 1. The van der Waals surface area contributed by atoms with Crippen LogP contribution < -0.4 is 14.5 Å². The van der Waals surface area contributed by atoms with Crippen molar-refractivity contribution in [3.8, 4) is 0 Å². The van der Waals surface area contributed by atoms with Gasteiger partial charge in [0.1, 0.15) is 0 Å². The maximum absolute atomic E-state index is 12.8. The summed E-state index contributed by atoms with van der Waals surface area (Å²) in [5, 5.41) is 0. The summed E-state index contributed by atoms with van der Waals surface area (Å²) in [6.45, 7) is 8.53. The van der Waals surface area contributed by atoms with Crippen LogP contribution in [0.25, 0.3) is 10.2 Å². The van der Waals surface area contributed by atoms with E-state index in [0.29, 0.717) is 10.6 Å². The zero-order chi connectivity index (χ0) is 22.2. The van der Waals surface area contributed by atoms with E-state index in [1.807, 2.05) is 26.0 Å². The minimum Gasteiger partial charge on any atom is -0.371 e. The first-order valence-corrected chi connectivity index (χ1v) is 13.0. The summed E-state index contributed by atoms with van der Waals surface area (Å²) >= 11 is 1.08. The molecule has 0 bridgehead atoms. The van der Waals surface area contributed by atoms with Crippen LogP contribution in [0, 0.1) is 5.92 Å². The molecule has 0 aliphatic carbocycles. The van der Waals surface area contributed by atoms with Gasteiger partial charge in [-0.05, 0) is 68.5 Å². The van der Waals surface area contributed by atoms with Gasteiger partial charge in [0.15, 0.2) is 0 Å². The predicted octanol–water partition coefficient (Wildman–Crippen LogP) is 4.36. The van der Waals surface area contributed by atoms with Gasteiger partial charge in [-0.25, -0.2) is 13.1 Å². The number of fused-ring (bicyclic) bond motifs is 1. The lowest BCUT2D eigenvalue weighted by Crippen LogP contribution is -2.34. The van der Waals surface area contributed by atoms with Crippen molar-refractivity contribution in [3.05, 3.63) is 57.7 Å². The van der Waals surface area contributed by atoms with Gasteiger partial charge >= 0.3 is 4.87 Å². The van der Waals surface area contributed by atoms with Crippen LogP contribution in [0.3, 0.4) is 0 Å². The number of anilines is 1. The van der Waals surface area contributed by atoms with Crippen molar-refractivity contribution >= 4 is 37.3 Å². The summed E-state index contributed by atoms with van der Waals surface area (Å²) in [6.07, 6.45) is 2.49. The lowest BCUT2D eigenvalue weighted by Gasteiger charge is -2.32. The van der Waals surface area contributed by atoms with Crippen molar-refractivity contribution in [1.82, 2.24) is 9.29 Å².